The molecule has 0 aromatic heterocycles. The number of hydrogen-bond donors (Lipinski definition) is 1. The van der Waals surface area contributed by atoms with Crippen LogP contribution >= 0.6 is 0 Å². The number of nitrogens with zero attached hydrogens (tertiary/aromatic N) is 2. The summed E-state index contributed by atoms with van der Waals surface area (Å²) in [5.74, 6) is -0.317. The lowest BCUT2D eigenvalue weighted by Crippen LogP contribution is -2.28. The number of rotatable bonds is 5. The molecular formula is C18H17N3O5. The summed E-state index contributed by atoms with van der Waals surface area (Å²) in [7, 11) is 1.54. The number of carbonyl (C=O) groups excluding carboxylic acids is 2. The van der Waals surface area contributed by atoms with Crippen LogP contribution in [0.2, 0.25) is 0 Å². The van der Waals surface area contributed by atoms with Crippen molar-refractivity contribution in [3.8, 4) is 5.75 Å². The van der Waals surface area contributed by atoms with E-state index in [0.717, 1.165) is 0 Å². The van der Waals surface area contributed by atoms with E-state index < -0.39 is 10.8 Å². The molecule has 0 saturated carbocycles. The molecule has 1 fully saturated rings. The molecule has 1 aliphatic heterocycles. The summed E-state index contributed by atoms with van der Waals surface area (Å²) in [4.78, 5) is 36.4. The minimum absolute atomic E-state index is 0.0484. The maximum atomic E-state index is 12.5. The molecular weight excluding hydrogens is 338 g/mol. The molecule has 0 spiro atoms. The number of nitro benzene ring substituents is 1. The minimum atomic E-state index is -0.500. The third-order valence-electron chi connectivity index (χ3n) is 4.21. The number of hydrogen-bond acceptors (Lipinski definition) is 5. The molecule has 0 aliphatic carbocycles. The Morgan fingerprint density at radius 3 is 2.65 bits per heavy atom. The second kappa shape index (κ2) is 7.22. The highest BCUT2D eigenvalue weighted by Gasteiger charge is 2.35. The zero-order valence-corrected chi connectivity index (χ0v) is 14.0. The standard InChI is InChI=1S/C18H17N3O5/c1-26-16-4-2-3-13(10-16)19-18(23)12-9-17(22)20(11-12)14-5-7-15(8-6-14)21(24)25/h2-8,10,12H,9,11H2,1H3,(H,19,23)/t12-/m0/s1. The van der Waals surface area contributed by atoms with Gasteiger partial charge in [0.15, 0.2) is 0 Å². The number of anilines is 2. The molecule has 134 valence electrons. The molecule has 2 aromatic carbocycles. The molecule has 3 rings (SSSR count). The van der Waals surface area contributed by atoms with Crippen LogP contribution in [0.15, 0.2) is 48.5 Å². The van der Waals surface area contributed by atoms with E-state index in [2.05, 4.69) is 5.32 Å². The quantitative estimate of drug-likeness (QED) is 0.656. The zero-order valence-electron chi connectivity index (χ0n) is 14.0. The van der Waals surface area contributed by atoms with Gasteiger partial charge in [0, 0.05) is 42.5 Å². The molecule has 0 unspecified atom stereocenters. The van der Waals surface area contributed by atoms with Gasteiger partial charge in [-0.15, -0.1) is 0 Å². The van der Waals surface area contributed by atoms with Crippen molar-refractivity contribution in [2.45, 2.75) is 6.42 Å². The zero-order chi connectivity index (χ0) is 18.7. The normalized spacial score (nSPS) is 16.4. The lowest BCUT2D eigenvalue weighted by atomic mass is 10.1. The van der Waals surface area contributed by atoms with Crippen LogP contribution in [-0.4, -0.2) is 30.4 Å². The summed E-state index contributed by atoms with van der Waals surface area (Å²) >= 11 is 0. The van der Waals surface area contributed by atoms with Crippen molar-refractivity contribution in [3.63, 3.8) is 0 Å². The largest absolute Gasteiger partial charge is 0.497 e. The molecule has 8 heteroatoms. The van der Waals surface area contributed by atoms with Gasteiger partial charge in [0.2, 0.25) is 11.8 Å². The fraction of sp³-hybridized carbons (Fsp3) is 0.222. The van der Waals surface area contributed by atoms with E-state index in [0.29, 0.717) is 17.1 Å². The van der Waals surface area contributed by atoms with Gasteiger partial charge < -0.3 is 15.0 Å². The first-order valence-corrected chi connectivity index (χ1v) is 7.97. The molecule has 1 atom stereocenters. The Morgan fingerprint density at radius 2 is 2.00 bits per heavy atom. The summed E-state index contributed by atoms with van der Waals surface area (Å²) in [5, 5.41) is 13.5. The van der Waals surface area contributed by atoms with E-state index in [1.54, 1.807) is 31.4 Å². The van der Waals surface area contributed by atoms with Crippen molar-refractivity contribution in [1.82, 2.24) is 0 Å². The van der Waals surface area contributed by atoms with Crippen molar-refractivity contribution >= 4 is 28.9 Å². The number of carbonyl (C=O) groups is 2. The Labute approximate surface area is 149 Å². The predicted octanol–water partition coefficient (Wildman–Crippen LogP) is 2.60. The maximum absolute atomic E-state index is 12.5. The van der Waals surface area contributed by atoms with Crippen molar-refractivity contribution < 1.29 is 19.2 Å². The smallest absolute Gasteiger partial charge is 0.269 e. The van der Waals surface area contributed by atoms with E-state index in [-0.39, 0.29) is 30.5 Å². The summed E-state index contributed by atoms with van der Waals surface area (Å²) in [6.07, 6.45) is 0.0901. The second-order valence-electron chi connectivity index (χ2n) is 5.90. The van der Waals surface area contributed by atoms with Crippen LogP contribution in [0, 0.1) is 16.0 Å². The average molecular weight is 355 g/mol. The molecule has 8 nitrogen and oxygen atoms in total. The topological polar surface area (TPSA) is 102 Å². The Kier molecular flexibility index (Phi) is 4.83. The number of amides is 2. The van der Waals surface area contributed by atoms with Gasteiger partial charge in [-0.05, 0) is 24.3 Å². The van der Waals surface area contributed by atoms with Crippen LogP contribution < -0.4 is 15.0 Å². The molecule has 1 N–H and O–H groups in total. The van der Waals surface area contributed by atoms with Crippen molar-refractivity contribution in [3.05, 3.63) is 58.6 Å². The first kappa shape index (κ1) is 17.4. The van der Waals surface area contributed by atoms with Gasteiger partial charge >= 0.3 is 0 Å². The molecule has 1 heterocycles. The average Bonchev–Trinajstić information content (AvgIpc) is 3.04. The Bertz CT molecular complexity index is 850. The first-order chi connectivity index (χ1) is 12.5. The highest BCUT2D eigenvalue weighted by molar-refractivity contribution is 6.03. The van der Waals surface area contributed by atoms with E-state index in [1.165, 1.54) is 29.2 Å². The van der Waals surface area contributed by atoms with Crippen molar-refractivity contribution in [1.29, 1.82) is 0 Å². The van der Waals surface area contributed by atoms with E-state index >= 15 is 0 Å². The fourth-order valence-corrected chi connectivity index (χ4v) is 2.83. The van der Waals surface area contributed by atoms with Gasteiger partial charge in [-0.2, -0.15) is 0 Å². The van der Waals surface area contributed by atoms with Crippen LogP contribution in [-0.2, 0) is 9.59 Å². The van der Waals surface area contributed by atoms with Gasteiger partial charge in [0.25, 0.3) is 5.69 Å². The van der Waals surface area contributed by atoms with Crippen LogP contribution in [0.4, 0.5) is 17.1 Å². The number of nitro groups is 1. The van der Waals surface area contributed by atoms with Crippen molar-refractivity contribution in [2.24, 2.45) is 5.92 Å². The molecule has 26 heavy (non-hydrogen) atoms. The number of benzene rings is 2. The highest BCUT2D eigenvalue weighted by atomic mass is 16.6. The van der Waals surface area contributed by atoms with Gasteiger partial charge in [-0.1, -0.05) is 6.07 Å². The second-order valence-corrected chi connectivity index (χ2v) is 5.90. The highest BCUT2D eigenvalue weighted by Crippen LogP contribution is 2.28. The summed E-state index contributed by atoms with van der Waals surface area (Å²) in [6.45, 7) is 0.229. The lowest BCUT2D eigenvalue weighted by Gasteiger charge is -2.16. The van der Waals surface area contributed by atoms with Crippen LogP contribution in [0.3, 0.4) is 0 Å². The van der Waals surface area contributed by atoms with E-state index in [1.807, 2.05) is 0 Å². The maximum Gasteiger partial charge on any atom is 0.269 e. The molecule has 1 saturated heterocycles. The van der Waals surface area contributed by atoms with E-state index in [9.17, 15) is 19.7 Å². The van der Waals surface area contributed by atoms with Gasteiger partial charge in [0.1, 0.15) is 5.75 Å². The van der Waals surface area contributed by atoms with Gasteiger partial charge in [-0.25, -0.2) is 0 Å². The predicted molar refractivity (Wildman–Crippen MR) is 95.2 cm³/mol. The van der Waals surface area contributed by atoms with Crippen LogP contribution in [0.1, 0.15) is 6.42 Å². The van der Waals surface area contributed by atoms with E-state index in [4.69, 9.17) is 4.74 Å². The number of ether oxygens (including phenoxy) is 1. The Balaban J connectivity index is 1.68. The van der Waals surface area contributed by atoms with Crippen molar-refractivity contribution in [2.75, 3.05) is 23.9 Å². The summed E-state index contributed by atoms with van der Waals surface area (Å²) < 4.78 is 5.12. The van der Waals surface area contributed by atoms with Crippen LogP contribution in [0.5, 0.6) is 5.75 Å². The van der Waals surface area contributed by atoms with Gasteiger partial charge in [-0.3, -0.25) is 19.7 Å². The molecule has 2 aromatic rings. The molecule has 1 aliphatic rings. The third kappa shape index (κ3) is 3.64. The van der Waals surface area contributed by atoms with Crippen LogP contribution in [0.25, 0.3) is 0 Å². The minimum Gasteiger partial charge on any atom is -0.497 e. The first-order valence-electron chi connectivity index (χ1n) is 7.97. The fourth-order valence-electron chi connectivity index (χ4n) is 2.83. The monoisotopic (exact) mass is 355 g/mol. The number of nitrogens with one attached hydrogen (secondary N) is 1. The third-order valence-corrected chi connectivity index (χ3v) is 4.21. The Hall–Kier alpha value is -3.42. The molecule has 0 radical (unpaired) electrons. The van der Waals surface area contributed by atoms with Gasteiger partial charge in [0.05, 0.1) is 18.0 Å². The molecule has 2 amide bonds. The number of non-ortho nitro benzene ring substituents is 1. The summed E-state index contributed by atoms with van der Waals surface area (Å²) in [6, 6.07) is 12.7. The molecule has 0 bridgehead atoms. The Morgan fingerprint density at radius 1 is 1.27 bits per heavy atom. The lowest BCUT2D eigenvalue weighted by molar-refractivity contribution is -0.384. The summed E-state index contributed by atoms with van der Waals surface area (Å²) in [5.41, 5.74) is 1.08. The SMILES string of the molecule is COc1cccc(NC(=O)[C@H]2CC(=O)N(c3ccc([N+](=O)[O-])cc3)C2)c1. The number of methoxy groups -OCH3 is 1.